The van der Waals surface area contributed by atoms with Gasteiger partial charge in [0.15, 0.2) is 0 Å². The van der Waals surface area contributed by atoms with E-state index in [0.717, 1.165) is 0 Å². The van der Waals surface area contributed by atoms with Gasteiger partial charge in [-0.3, -0.25) is 9.59 Å². The maximum Gasteiger partial charge on any atom is 0.303 e. The van der Waals surface area contributed by atoms with Crippen molar-refractivity contribution < 1.29 is 24.5 Å². The zero-order valence-corrected chi connectivity index (χ0v) is 15.5. The van der Waals surface area contributed by atoms with Crippen LogP contribution in [0.2, 0.25) is 0 Å². The van der Waals surface area contributed by atoms with Crippen molar-refractivity contribution in [1.29, 1.82) is 0 Å². The number of thiol groups is 1. The highest BCUT2D eigenvalue weighted by molar-refractivity contribution is 7.81. The first-order chi connectivity index (χ1) is 11.6. The smallest absolute Gasteiger partial charge is 0.303 e. The van der Waals surface area contributed by atoms with Gasteiger partial charge >= 0.3 is 5.97 Å². The molecule has 0 saturated heterocycles. The van der Waals surface area contributed by atoms with Gasteiger partial charge in [0.2, 0.25) is 5.91 Å². The molecule has 0 unspecified atom stereocenters. The van der Waals surface area contributed by atoms with Gasteiger partial charge in [-0.05, 0) is 25.5 Å². The molecule has 0 atom stereocenters. The summed E-state index contributed by atoms with van der Waals surface area (Å²) in [6.07, 6.45) is 0.618. The first-order valence-electron chi connectivity index (χ1n) is 7.82. The number of phenols is 1. The Bertz CT molecular complexity index is 653. The molecular weight excluding hydrogens is 344 g/mol. The van der Waals surface area contributed by atoms with Crippen LogP contribution in [0.1, 0.15) is 45.6 Å². The molecule has 138 valence electrons. The summed E-state index contributed by atoms with van der Waals surface area (Å²) in [7, 11) is 0. The summed E-state index contributed by atoms with van der Waals surface area (Å²) < 4.78 is 4.95. The van der Waals surface area contributed by atoms with Crippen LogP contribution in [0.15, 0.2) is 23.3 Å². The minimum absolute atomic E-state index is 0.0264. The second kappa shape index (κ2) is 9.31. The number of aromatic hydroxyl groups is 1. The van der Waals surface area contributed by atoms with Crippen LogP contribution in [0.3, 0.4) is 0 Å². The second-order valence-corrected chi connectivity index (χ2v) is 7.46. The summed E-state index contributed by atoms with van der Waals surface area (Å²) in [5.41, 5.74) is 3.34. The van der Waals surface area contributed by atoms with Gasteiger partial charge in [-0.25, -0.2) is 5.43 Å². The zero-order valence-electron chi connectivity index (χ0n) is 14.6. The highest BCUT2D eigenvalue weighted by atomic mass is 32.1. The number of aliphatic carboxylic acids is 1. The first-order valence-corrected chi connectivity index (χ1v) is 8.26. The number of amides is 1. The number of phenolic OH excluding ortho intramolecular Hbond substituents is 1. The Balaban J connectivity index is 2.64. The molecule has 0 aromatic heterocycles. The molecule has 0 heterocycles. The molecule has 25 heavy (non-hydrogen) atoms. The van der Waals surface area contributed by atoms with Gasteiger partial charge in [0.1, 0.15) is 11.5 Å². The van der Waals surface area contributed by atoms with E-state index >= 15 is 0 Å². The zero-order chi connectivity index (χ0) is 19.0. The third-order valence-electron chi connectivity index (χ3n) is 3.10. The number of nitrogens with zero attached hydrogens (tertiary/aromatic N) is 1. The summed E-state index contributed by atoms with van der Waals surface area (Å²) >= 11 is 4.29. The average Bonchev–Trinajstić information content (AvgIpc) is 2.47. The van der Waals surface area contributed by atoms with Crippen molar-refractivity contribution in [3.8, 4) is 11.5 Å². The van der Waals surface area contributed by atoms with Crippen molar-refractivity contribution in [2.75, 3.05) is 6.61 Å². The minimum atomic E-state index is -0.878. The van der Waals surface area contributed by atoms with Crippen molar-refractivity contribution in [2.24, 2.45) is 5.10 Å². The molecule has 1 rings (SSSR count). The van der Waals surface area contributed by atoms with Crippen LogP contribution in [0.25, 0.3) is 0 Å². The van der Waals surface area contributed by atoms with Gasteiger partial charge in [0.25, 0.3) is 0 Å². The van der Waals surface area contributed by atoms with Crippen LogP contribution in [0.5, 0.6) is 11.5 Å². The van der Waals surface area contributed by atoms with Crippen LogP contribution < -0.4 is 10.2 Å². The number of benzene rings is 1. The summed E-state index contributed by atoms with van der Waals surface area (Å²) in [4.78, 5) is 22.2. The minimum Gasteiger partial charge on any atom is -0.507 e. The molecular formula is C17H24N2O5S. The Morgan fingerprint density at radius 1 is 1.36 bits per heavy atom. The molecule has 0 aliphatic carbocycles. The van der Waals surface area contributed by atoms with E-state index < -0.39 is 10.7 Å². The maximum atomic E-state index is 11.7. The highest BCUT2D eigenvalue weighted by Gasteiger charge is 2.16. The van der Waals surface area contributed by atoms with Gasteiger partial charge in [-0.15, -0.1) is 0 Å². The molecule has 8 heteroatoms. The third kappa shape index (κ3) is 8.44. The van der Waals surface area contributed by atoms with Crippen LogP contribution in [0, 0.1) is 0 Å². The fourth-order valence-corrected chi connectivity index (χ4v) is 2.10. The highest BCUT2D eigenvalue weighted by Crippen LogP contribution is 2.24. The molecule has 0 saturated carbocycles. The van der Waals surface area contributed by atoms with E-state index in [1.165, 1.54) is 6.07 Å². The number of nitrogens with one attached hydrogen (secondary N) is 1. The quantitative estimate of drug-likeness (QED) is 0.232. The summed E-state index contributed by atoms with van der Waals surface area (Å²) in [5, 5.41) is 22.6. The normalized spacial score (nSPS) is 11.9. The number of carboxylic acids is 1. The molecule has 0 aliphatic rings. The number of rotatable bonds is 9. The van der Waals surface area contributed by atoms with Gasteiger partial charge in [-0.1, -0.05) is 13.8 Å². The van der Waals surface area contributed by atoms with E-state index in [9.17, 15) is 14.7 Å². The molecule has 1 aromatic carbocycles. The molecule has 0 radical (unpaired) electrons. The number of hydrogen-bond acceptors (Lipinski definition) is 6. The van der Waals surface area contributed by atoms with Crippen molar-refractivity contribution >= 4 is 30.2 Å². The lowest BCUT2D eigenvalue weighted by atomic mass is 10.1. The topological polar surface area (TPSA) is 108 Å². The second-order valence-electron chi connectivity index (χ2n) is 6.25. The Labute approximate surface area is 152 Å². The monoisotopic (exact) mass is 368 g/mol. The summed E-state index contributed by atoms with van der Waals surface area (Å²) in [5.74, 6) is -0.754. The molecule has 0 aliphatic heterocycles. The molecule has 0 bridgehead atoms. The summed E-state index contributed by atoms with van der Waals surface area (Å²) in [6.45, 7) is 5.56. The van der Waals surface area contributed by atoms with E-state index in [1.54, 1.807) is 19.1 Å². The molecule has 1 aromatic rings. The fourth-order valence-electron chi connectivity index (χ4n) is 1.96. The van der Waals surface area contributed by atoms with Crippen molar-refractivity contribution in [3.05, 3.63) is 23.8 Å². The lowest BCUT2D eigenvalue weighted by Gasteiger charge is -2.15. The maximum absolute atomic E-state index is 11.7. The molecule has 1 amide bonds. The van der Waals surface area contributed by atoms with Crippen LogP contribution in [0.4, 0.5) is 0 Å². The number of ether oxygens (including phenoxy) is 1. The Morgan fingerprint density at radius 3 is 2.60 bits per heavy atom. The molecule has 7 nitrogen and oxygen atoms in total. The molecule has 0 fully saturated rings. The number of hydrogen-bond donors (Lipinski definition) is 4. The number of carbonyl (C=O) groups excluding carboxylic acids is 1. The lowest BCUT2D eigenvalue weighted by Crippen LogP contribution is -2.26. The fraction of sp³-hybridized carbons (Fsp3) is 0.471. The Kier molecular flexibility index (Phi) is 7.76. The lowest BCUT2D eigenvalue weighted by molar-refractivity contribution is -0.137. The van der Waals surface area contributed by atoms with E-state index in [1.807, 2.05) is 13.8 Å². The summed E-state index contributed by atoms with van der Waals surface area (Å²) in [6, 6.07) is 4.69. The average molecular weight is 368 g/mol. The Morgan fingerprint density at radius 2 is 2.04 bits per heavy atom. The van der Waals surface area contributed by atoms with Crippen molar-refractivity contribution in [1.82, 2.24) is 5.43 Å². The van der Waals surface area contributed by atoms with E-state index in [2.05, 4.69) is 23.2 Å². The number of carboxylic acid groups (broad SMARTS) is 1. The predicted molar refractivity (Wildman–Crippen MR) is 98.5 cm³/mol. The van der Waals surface area contributed by atoms with E-state index in [-0.39, 0.29) is 31.1 Å². The first kappa shape index (κ1) is 20.8. The van der Waals surface area contributed by atoms with Crippen LogP contribution in [-0.2, 0) is 9.59 Å². The largest absolute Gasteiger partial charge is 0.507 e. The van der Waals surface area contributed by atoms with Crippen molar-refractivity contribution in [3.63, 3.8) is 0 Å². The van der Waals surface area contributed by atoms with Crippen LogP contribution >= 0.6 is 12.6 Å². The molecule has 3 N–H and O–H groups in total. The van der Waals surface area contributed by atoms with Gasteiger partial charge < -0.3 is 14.9 Å². The van der Waals surface area contributed by atoms with Gasteiger partial charge in [0, 0.05) is 29.2 Å². The third-order valence-corrected chi connectivity index (χ3v) is 3.26. The van der Waals surface area contributed by atoms with Crippen molar-refractivity contribution in [2.45, 2.75) is 44.8 Å². The Hall–Kier alpha value is -2.22. The van der Waals surface area contributed by atoms with Crippen LogP contribution in [-0.4, -0.2) is 39.2 Å². The predicted octanol–water partition coefficient (Wildman–Crippen LogP) is 2.57. The number of carbonyl (C=O) groups is 2. The van der Waals surface area contributed by atoms with E-state index in [4.69, 9.17) is 9.84 Å². The number of hydrazone groups is 1. The molecule has 0 spiro atoms. The van der Waals surface area contributed by atoms with Gasteiger partial charge in [0.05, 0.1) is 12.3 Å². The standard InChI is InChI=1S/C17H24N2O5S/c1-11(18-19-15(21)10-17(2,3)25)13-7-6-12(9-14(13)20)24-8-4-5-16(22)23/h6-7,9,20,25H,4-5,8,10H2,1-3H3,(H,19,21)(H,22,23)/b18-11+. The SMILES string of the molecule is C/C(=N\NC(=O)CC(C)(C)S)c1ccc(OCCCC(=O)O)cc1O. The van der Waals surface area contributed by atoms with Gasteiger partial charge in [-0.2, -0.15) is 17.7 Å². The van der Waals surface area contributed by atoms with E-state index in [0.29, 0.717) is 23.4 Å².